The molecule has 0 saturated carbocycles. The molecule has 1 unspecified atom stereocenters. The van der Waals surface area contributed by atoms with E-state index in [9.17, 15) is 19.6 Å². The first-order valence-electron chi connectivity index (χ1n) is 13.9. The Labute approximate surface area is 253 Å². The molecule has 3 atom stereocenters. The molecule has 3 heterocycles. The molecule has 2 aliphatic heterocycles. The number of aromatic amines is 1. The predicted molar refractivity (Wildman–Crippen MR) is 157 cm³/mol. The van der Waals surface area contributed by atoms with Gasteiger partial charge in [-0.05, 0) is 48.7 Å². The van der Waals surface area contributed by atoms with Gasteiger partial charge in [0.1, 0.15) is 24.0 Å². The summed E-state index contributed by atoms with van der Waals surface area (Å²) >= 11 is 6.16. The normalized spacial score (nSPS) is 20.2. The first kappa shape index (κ1) is 29.7. The average Bonchev–Trinajstić information content (AvgIpc) is 3.44. The van der Waals surface area contributed by atoms with Crippen LogP contribution in [0.4, 0.5) is 21.0 Å². The largest absolute Gasteiger partial charge is 0.467 e. The molecule has 1 fully saturated rings. The minimum Gasteiger partial charge on any atom is -0.467 e. The molecule has 12 nitrogen and oxygen atoms in total. The van der Waals surface area contributed by atoms with Crippen molar-refractivity contribution in [3.8, 4) is 17.3 Å². The van der Waals surface area contributed by atoms with Crippen LogP contribution in [0.1, 0.15) is 61.3 Å². The molecule has 1 saturated heterocycles. The molecule has 224 valence electrons. The topological polar surface area (TPSA) is 159 Å². The van der Waals surface area contributed by atoms with E-state index in [2.05, 4.69) is 26.7 Å². The number of hydrogen-bond acceptors (Lipinski definition) is 9. The van der Waals surface area contributed by atoms with E-state index in [1.165, 1.54) is 14.2 Å². The smallest absolute Gasteiger partial charge is 0.411 e. The van der Waals surface area contributed by atoms with E-state index < -0.39 is 36.3 Å². The van der Waals surface area contributed by atoms with Gasteiger partial charge >= 0.3 is 18.2 Å². The molecule has 0 spiro atoms. The third-order valence-electron chi connectivity index (χ3n) is 7.61. The van der Waals surface area contributed by atoms with Gasteiger partial charge in [0.2, 0.25) is 0 Å². The van der Waals surface area contributed by atoms with Crippen LogP contribution in [-0.2, 0) is 19.0 Å². The lowest BCUT2D eigenvalue weighted by atomic mass is 10.00. The van der Waals surface area contributed by atoms with Crippen molar-refractivity contribution < 1.29 is 28.6 Å². The van der Waals surface area contributed by atoms with Crippen LogP contribution in [0.3, 0.4) is 0 Å². The van der Waals surface area contributed by atoms with Crippen molar-refractivity contribution in [2.75, 3.05) is 31.4 Å². The van der Waals surface area contributed by atoms with E-state index in [1.807, 2.05) is 12.1 Å². The maximum atomic E-state index is 13.4. The fourth-order valence-corrected chi connectivity index (χ4v) is 5.68. The third-order valence-corrected chi connectivity index (χ3v) is 7.84. The number of nitriles is 1. The van der Waals surface area contributed by atoms with Gasteiger partial charge in [-0.25, -0.2) is 19.4 Å². The van der Waals surface area contributed by atoms with E-state index in [0.717, 1.165) is 5.56 Å². The Balaban J connectivity index is 1.52. The van der Waals surface area contributed by atoms with Gasteiger partial charge in [0, 0.05) is 34.9 Å². The second-order valence-electron chi connectivity index (χ2n) is 10.3. The van der Waals surface area contributed by atoms with Crippen molar-refractivity contribution in [2.24, 2.45) is 0 Å². The number of halogens is 1. The van der Waals surface area contributed by atoms with Crippen LogP contribution < -0.4 is 10.6 Å². The summed E-state index contributed by atoms with van der Waals surface area (Å²) in [6, 6.07) is 13.2. The Hall–Kier alpha value is -4.76. The van der Waals surface area contributed by atoms with Crippen molar-refractivity contribution in [3.63, 3.8) is 0 Å². The monoisotopic (exact) mass is 606 g/mol. The van der Waals surface area contributed by atoms with Gasteiger partial charge in [0.15, 0.2) is 5.69 Å². The number of carbonyl (C=O) groups excluding carboxylic acids is 3. The number of carbonyl (C=O) groups is 3. The molecule has 43 heavy (non-hydrogen) atoms. The molecule has 2 aliphatic rings. The van der Waals surface area contributed by atoms with E-state index in [1.54, 1.807) is 35.2 Å². The number of nitrogens with zero attached hydrogens (tertiary/aromatic N) is 3. The quantitative estimate of drug-likeness (QED) is 0.241. The summed E-state index contributed by atoms with van der Waals surface area (Å²) in [7, 11) is 2.58. The number of nitrogens with one attached hydrogen (secondary N) is 3. The highest BCUT2D eigenvalue weighted by atomic mass is 35.5. The first-order valence-corrected chi connectivity index (χ1v) is 14.3. The number of rotatable bonds is 4. The van der Waals surface area contributed by atoms with Gasteiger partial charge in [-0.2, -0.15) is 5.26 Å². The highest BCUT2D eigenvalue weighted by molar-refractivity contribution is 6.30. The number of anilines is 2. The van der Waals surface area contributed by atoms with Crippen LogP contribution >= 0.6 is 11.6 Å². The van der Waals surface area contributed by atoms with Crippen molar-refractivity contribution in [1.82, 2.24) is 14.9 Å². The number of hydrogen-bond donors (Lipinski definition) is 3. The van der Waals surface area contributed by atoms with Gasteiger partial charge < -0.3 is 24.5 Å². The van der Waals surface area contributed by atoms with Crippen LogP contribution in [0.2, 0.25) is 5.02 Å². The number of fused-ring (bicyclic) bond motifs is 4. The number of imidazole rings is 1. The Kier molecular flexibility index (Phi) is 9.01. The summed E-state index contributed by atoms with van der Waals surface area (Å²) in [4.78, 5) is 47.5. The number of H-pyrrole nitrogens is 1. The molecular formula is C30H31ClN6O6. The number of benzene rings is 2. The molecule has 5 rings (SSSR count). The Bertz CT molecular complexity index is 1570. The van der Waals surface area contributed by atoms with Crippen molar-refractivity contribution in [3.05, 3.63) is 64.6 Å². The first-order chi connectivity index (χ1) is 20.8. The van der Waals surface area contributed by atoms with E-state index in [4.69, 9.17) is 25.8 Å². The van der Waals surface area contributed by atoms with Crippen molar-refractivity contribution in [1.29, 1.82) is 5.26 Å². The summed E-state index contributed by atoms with van der Waals surface area (Å²) in [5, 5.41) is 16.5. The van der Waals surface area contributed by atoms with E-state index >= 15 is 0 Å². The minimum atomic E-state index is -0.707. The van der Waals surface area contributed by atoms with Gasteiger partial charge in [-0.15, -0.1) is 0 Å². The third kappa shape index (κ3) is 6.52. The SMILES string of the molecule is COC(=O)Nc1ccc2c(c1)N[C@@H](C(=O)OC)CCCC[C@H](N1CCC(c3cccc(Cl)c3)OC1=O)c1nc(C#N)c-2[nH]1. The Morgan fingerprint density at radius 1 is 1.14 bits per heavy atom. The molecule has 3 N–H and O–H groups in total. The number of cyclic esters (lactones) is 1. The van der Waals surface area contributed by atoms with Crippen molar-refractivity contribution in [2.45, 2.75) is 50.3 Å². The molecule has 2 bridgehead atoms. The summed E-state index contributed by atoms with van der Waals surface area (Å²) in [6.07, 6.45) is 1.22. The van der Waals surface area contributed by atoms with E-state index in [0.29, 0.717) is 72.1 Å². The van der Waals surface area contributed by atoms with Gasteiger partial charge in [-0.1, -0.05) is 36.6 Å². The zero-order valence-corrected chi connectivity index (χ0v) is 24.4. The molecule has 0 radical (unpaired) electrons. The average molecular weight is 607 g/mol. The number of methoxy groups -OCH3 is 2. The van der Waals surface area contributed by atoms with Gasteiger partial charge in [0.05, 0.1) is 26.0 Å². The highest BCUT2D eigenvalue weighted by Gasteiger charge is 2.36. The molecular weight excluding hydrogens is 576 g/mol. The molecule has 0 aliphatic carbocycles. The lowest BCUT2D eigenvalue weighted by molar-refractivity contribution is -0.141. The fraction of sp³-hybridized carbons (Fsp3) is 0.367. The standard InChI is InChI=1S/C30H31ClN6O6/c1-41-28(38)21-8-3-4-9-24(37-13-12-25(43-30(37)40)17-6-5-7-18(31)14-17)27-35-23(16-32)26(36-27)20-11-10-19(15-22(20)34-21)33-29(39)42-2/h5-7,10-11,14-15,21,24-25,34H,3-4,8-9,12-13H2,1-2H3,(H,33,39)(H,35,36)/t21-,24+,25?/m1/s1. The zero-order valence-electron chi connectivity index (χ0n) is 23.7. The summed E-state index contributed by atoms with van der Waals surface area (Å²) in [6.45, 7) is 0.407. The number of ether oxygens (including phenoxy) is 3. The molecule has 2 aromatic carbocycles. The Morgan fingerprint density at radius 3 is 2.67 bits per heavy atom. The van der Waals surface area contributed by atoms with Crippen LogP contribution in [0.5, 0.6) is 0 Å². The summed E-state index contributed by atoms with van der Waals surface area (Å²) in [5.41, 5.74) is 2.77. The number of aromatic nitrogens is 2. The fourth-order valence-electron chi connectivity index (χ4n) is 5.48. The minimum absolute atomic E-state index is 0.118. The molecule has 3 aromatic rings. The molecule has 2 amide bonds. The zero-order chi connectivity index (χ0) is 30.5. The van der Waals surface area contributed by atoms with E-state index in [-0.39, 0.29) is 5.69 Å². The van der Waals surface area contributed by atoms with Crippen molar-refractivity contribution >= 4 is 41.1 Å². The molecule has 13 heteroatoms. The summed E-state index contributed by atoms with van der Waals surface area (Å²) < 4.78 is 15.6. The lowest BCUT2D eigenvalue weighted by Crippen LogP contribution is -2.42. The predicted octanol–water partition coefficient (Wildman–Crippen LogP) is 5.93. The maximum absolute atomic E-state index is 13.4. The van der Waals surface area contributed by atoms with Gasteiger partial charge in [0.25, 0.3) is 0 Å². The second kappa shape index (κ2) is 13.0. The molecule has 1 aromatic heterocycles. The lowest BCUT2D eigenvalue weighted by Gasteiger charge is -2.36. The van der Waals surface area contributed by atoms with Gasteiger partial charge in [-0.3, -0.25) is 10.2 Å². The van der Waals surface area contributed by atoms with Crippen LogP contribution in [-0.4, -0.2) is 59.8 Å². The number of amides is 2. The Morgan fingerprint density at radius 2 is 1.95 bits per heavy atom. The van der Waals surface area contributed by atoms with Crippen LogP contribution in [0.25, 0.3) is 11.3 Å². The summed E-state index contributed by atoms with van der Waals surface area (Å²) in [5.74, 6) is 0.000806. The van der Waals surface area contributed by atoms with Crippen LogP contribution in [0.15, 0.2) is 42.5 Å². The number of esters is 1. The maximum Gasteiger partial charge on any atom is 0.411 e. The van der Waals surface area contributed by atoms with Crippen LogP contribution in [0, 0.1) is 11.3 Å². The second-order valence-corrected chi connectivity index (χ2v) is 10.7. The highest BCUT2D eigenvalue weighted by Crippen LogP contribution is 2.38.